The van der Waals surface area contributed by atoms with Crippen molar-refractivity contribution in [1.29, 1.82) is 0 Å². The van der Waals surface area contributed by atoms with Gasteiger partial charge in [-0.15, -0.1) is 0 Å². The predicted octanol–water partition coefficient (Wildman–Crippen LogP) is 1.59. The van der Waals surface area contributed by atoms with Crippen LogP contribution >= 0.6 is 22.6 Å². The molecule has 1 aromatic rings. The third-order valence-corrected chi connectivity index (χ3v) is 1.61. The fraction of sp³-hybridized carbons (Fsp3) is 0.286. The van der Waals surface area contributed by atoms with Gasteiger partial charge in [0.25, 0.3) is 0 Å². The van der Waals surface area contributed by atoms with Crippen LogP contribution in [0.5, 0.6) is 0 Å². The highest BCUT2D eigenvalue weighted by Gasteiger charge is 1.90. The Balaban J connectivity index is 2.71. The minimum Gasteiger partial charge on any atom is -0.258 e. The van der Waals surface area contributed by atoms with Gasteiger partial charge in [0, 0.05) is 34.5 Å². The van der Waals surface area contributed by atoms with Gasteiger partial charge in [-0.1, -0.05) is 5.92 Å². The van der Waals surface area contributed by atoms with E-state index in [0.717, 1.165) is 5.69 Å². The minimum atomic E-state index is 0.696. The molecular formula is C7H7IN2. The Morgan fingerprint density at radius 2 is 2.60 bits per heavy atom. The first-order valence-corrected chi connectivity index (χ1v) is 3.99. The maximum Gasteiger partial charge on any atom is 0.103 e. The van der Waals surface area contributed by atoms with Crippen LogP contribution in [0.3, 0.4) is 0 Å². The lowest BCUT2D eigenvalue weighted by Crippen LogP contribution is -1.99. The molecule has 0 saturated carbocycles. The Labute approximate surface area is 73.8 Å². The van der Waals surface area contributed by atoms with E-state index in [4.69, 9.17) is 0 Å². The Hall–Kier alpha value is -0.500. The van der Waals surface area contributed by atoms with Gasteiger partial charge < -0.3 is 0 Å². The molecule has 10 heavy (non-hydrogen) atoms. The average molecular weight is 246 g/mol. The molecule has 0 aliphatic carbocycles. The van der Waals surface area contributed by atoms with Gasteiger partial charge in [0.2, 0.25) is 0 Å². The Bertz CT molecular complexity index is 267. The van der Waals surface area contributed by atoms with Crippen molar-refractivity contribution in [2.75, 3.05) is 0 Å². The van der Waals surface area contributed by atoms with E-state index < -0.39 is 0 Å². The van der Waals surface area contributed by atoms with Crippen molar-refractivity contribution in [1.82, 2.24) is 9.78 Å². The fourth-order valence-electron chi connectivity index (χ4n) is 0.669. The molecule has 0 spiro atoms. The lowest BCUT2D eigenvalue weighted by molar-refractivity contribution is 0.691. The molecule has 52 valence electrons. The van der Waals surface area contributed by atoms with Crippen LogP contribution in [0.15, 0.2) is 12.3 Å². The molecule has 0 fully saturated rings. The van der Waals surface area contributed by atoms with Crippen molar-refractivity contribution in [2.24, 2.45) is 0 Å². The van der Waals surface area contributed by atoms with Crippen LogP contribution in [0.2, 0.25) is 0 Å². The third-order valence-electron chi connectivity index (χ3n) is 1.22. The van der Waals surface area contributed by atoms with Gasteiger partial charge >= 0.3 is 0 Å². The molecule has 1 aromatic heterocycles. The number of rotatable bonds is 1. The first-order valence-electron chi connectivity index (χ1n) is 2.91. The van der Waals surface area contributed by atoms with Gasteiger partial charge in [-0.2, -0.15) is 5.10 Å². The molecule has 0 atom stereocenters. The number of halogens is 1. The van der Waals surface area contributed by atoms with Crippen LogP contribution in [-0.2, 0) is 6.54 Å². The van der Waals surface area contributed by atoms with Gasteiger partial charge in [-0.05, 0) is 16.9 Å². The highest BCUT2D eigenvalue weighted by atomic mass is 127. The zero-order chi connectivity index (χ0) is 7.40. The molecule has 0 amide bonds. The molecule has 1 heterocycles. The maximum atomic E-state index is 4.06. The second kappa shape index (κ2) is 3.62. The summed E-state index contributed by atoms with van der Waals surface area (Å²) in [6, 6.07) is 1.97. The molecule has 2 nitrogen and oxygen atoms in total. The summed E-state index contributed by atoms with van der Waals surface area (Å²) >= 11 is 2.02. The lowest BCUT2D eigenvalue weighted by Gasteiger charge is -1.94. The Morgan fingerprint density at radius 3 is 3.10 bits per heavy atom. The van der Waals surface area contributed by atoms with E-state index in [2.05, 4.69) is 14.9 Å². The number of nitrogens with zero attached hydrogens (tertiary/aromatic N) is 2. The van der Waals surface area contributed by atoms with Gasteiger partial charge in [-0.25, -0.2) is 0 Å². The van der Waals surface area contributed by atoms with Crippen LogP contribution in [0.25, 0.3) is 0 Å². The standard InChI is InChI=1S/C7H7IN2/c1-7-3-5-9-10(7)6-2-4-8/h3,5H,6H2,1H3. The molecule has 0 unspecified atom stereocenters. The van der Waals surface area contributed by atoms with Crippen molar-refractivity contribution in [3.63, 3.8) is 0 Å². The molecule has 0 aliphatic rings. The van der Waals surface area contributed by atoms with E-state index >= 15 is 0 Å². The summed E-state index contributed by atoms with van der Waals surface area (Å²) in [5.74, 6) is 2.93. The minimum absolute atomic E-state index is 0.696. The highest BCUT2D eigenvalue weighted by Crippen LogP contribution is 1.93. The maximum absolute atomic E-state index is 4.06. The van der Waals surface area contributed by atoms with Gasteiger partial charge in [0.1, 0.15) is 6.54 Å². The van der Waals surface area contributed by atoms with Crippen LogP contribution in [0.1, 0.15) is 5.69 Å². The lowest BCUT2D eigenvalue weighted by atomic mass is 10.5. The molecule has 0 bridgehead atoms. The molecular weight excluding hydrogens is 239 g/mol. The SMILES string of the molecule is Cc1ccnn1CC#CI. The smallest absolute Gasteiger partial charge is 0.103 e. The van der Waals surface area contributed by atoms with Crippen molar-refractivity contribution in [2.45, 2.75) is 13.5 Å². The van der Waals surface area contributed by atoms with E-state index in [1.165, 1.54) is 0 Å². The van der Waals surface area contributed by atoms with Crippen LogP contribution in [0, 0.1) is 16.8 Å². The second-order valence-corrected chi connectivity index (χ2v) is 2.44. The first-order chi connectivity index (χ1) is 4.84. The molecule has 1 rings (SSSR count). The zero-order valence-electron chi connectivity index (χ0n) is 5.63. The van der Waals surface area contributed by atoms with Crippen molar-refractivity contribution in [3.8, 4) is 9.85 Å². The van der Waals surface area contributed by atoms with E-state index in [9.17, 15) is 0 Å². The highest BCUT2D eigenvalue weighted by molar-refractivity contribution is 14.1. The normalized spacial score (nSPS) is 8.60. The number of hydrogen-bond acceptors (Lipinski definition) is 1. The summed E-state index contributed by atoms with van der Waals surface area (Å²) in [6.45, 7) is 2.71. The van der Waals surface area contributed by atoms with Gasteiger partial charge in [0.05, 0.1) is 0 Å². The Kier molecular flexibility index (Phi) is 2.75. The molecule has 3 heteroatoms. The topological polar surface area (TPSA) is 17.8 Å². The number of aryl methyl sites for hydroxylation is 1. The summed E-state index contributed by atoms with van der Waals surface area (Å²) in [5.41, 5.74) is 1.15. The predicted molar refractivity (Wildman–Crippen MR) is 48.8 cm³/mol. The molecule has 0 aliphatic heterocycles. The summed E-state index contributed by atoms with van der Waals surface area (Å²) in [7, 11) is 0. The van der Waals surface area contributed by atoms with Gasteiger partial charge in [0.15, 0.2) is 0 Å². The van der Waals surface area contributed by atoms with Crippen molar-refractivity contribution < 1.29 is 0 Å². The fourth-order valence-corrected chi connectivity index (χ4v) is 0.840. The number of hydrogen-bond donors (Lipinski definition) is 0. The van der Waals surface area contributed by atoms with Crippen molar-refractivity contribution in [3.05, 3.63) is 18.0 Å². The summed E-state index contributed by atoms with van der Waals surface area (Å²) < 4.78 is 4.66. The summed E-state index contributed by atoms with van der Waals surface area (Å²) in [4.78, 5) is 0. The Morgan fingerprint density at radius 1 is 1.80 bits per heavy atom. The van der Waals surface area contributed by atoms with Crippen molar-refractivity contribution >= 4 is 22.6 Å². The summed E-state index contributed by atoms with van der Waals surface area (Å²) in [5, 5.41) is 4.06. The van der Waals surface area contributed by atoms with E-state index in [-0.39, 0.29) is 0 Å². The summed E-state index contributed by atoms with van der Waals surface area (Å²) in [6.07, 6.45) is 1.78. The molecule has 0 aromatic carbocycles. The first kappa shape index (κ1) is 7.61. The molecule has 0 radical (unpaired) electrons. The quantitative estimate of drug-likeness (QED) is 0.543. The monoisotopic (exact) mass is 246 g/mol. The molecule has 0 saturated heterocycles. The van der Waals surface area contributed by atoms with E-state index in [1.807, 2.05) is 40.3 Å². The van der Waals surface area contributed by atoms with Gasteiger partial charge in [-0.3, -0.25) is 4.68 Å². The second-order valence-electron chi connectivity index (χ2n) is 1.90. The zero-order valence-corrected chi connectivity index (χ0v) is 7.79. The average Bonchev–Trinajstić information content (AvgIpc) is 2.31. The van der Waals surface area contributed by atoms with Crippen LogP contribution < -0.4 is 0 Å². The largest absolute Gasteiger partial charge is 0.258 e. The third kappa shape index (κ3) is 1.74. The van der Waals surface area contributed by atoms with E-state index in [1.54, 1.807) is 6.20 Å². The van der Waals surface area contributed by atoms with E-state index in [0.29, 0.717) is 6.54 Å². The van der Waals surface area contributed by atoms with Crippen LogP contribution in [0.4, 0.5) is 0 Å². The van der Waals surface area contributed by atoms with Crippen LogP contribution in [-0.4, -0.2) is 9.78 Å². The molecule has 0 N–H and O–H groups in total. The number of aromatic nitrogens is 2.